The summed E-state index contributed by atoms with van der Waals surface area (Å²) in [4.78, 5) is 12.1. The maximum Gasteiger partial charge on any atom is 0.301 e. The standard InChI is InChI=1S/C12H14N4O/c1-9-11(14-15(2)3)12(17)16(13-9)10-7-5-4-6-8-10/h4-8H,1-3H3/b14-11-. The first-order valence-corrected chi connectivity index (χ1v) is 5.30. The van der Waals surface area contributed by atoms with Gasteiger partial charge in [-0.25, -0.2) is 0 Å². The van der Waals surface area contributed by atoms with Gasteiger partial charge in [0, 0.05) is 14.1 Å². The number of hydrogen-bond donors (Lipinski definition) is 0. The first kappa shape index (κ1) is 11.3. The molecule has 0 unspecified atom stereocenters. The lowest BCUT2D eigenvalue weighted by Gasteiger charge is -2.11. The third-order valence-corrected chi connectivity index (χ3v) is 2.29. The highest BCUT2D eigenvalue weighted by atomic mass is 16.2. The van der Waals surface area contributed by atoms with E-state index in [2.05, 4.69) is 10.2 Å². The number of amides is 1. The van der Waals surface area contributed by atoms with E-state index < -0.39 is 0 Å². The Balaban J connectivity index is 2.34. The molecule has 5 nitrogen and oxygen atoms in total. The number of hydrogen-bond acceptors (Lipinski definition) is 4. The molecule has 0 saturated heterocycles. The normalized spacial score (nSPS) is 17.6. The minimum Gasteiger partial charge on any atom is -0.302 e. The van der Waals surface area contributed by atoms with Crippen molar-refractivity contribution in [2.75, 3.05) is 19.1 Å². The van der Waals surface area contributed by atoms with Gasteiger partial charge in [-0.1, -0.05) is 18.2 Å². The van der Waals surface area contributed by atoms with Crippen molar-refractivity contribution in [3.05, 3.63) is 30.3 Å². The molecule has 0 atom stereocenters. The van der Waals surface area contributed by atoms with Crippen LogP contribution in [-0.2, 0) is 4.79 Å². The number of carbonyl (C=O) groups is 1. The second kappa shape index (κ2) is 4.37. The summed E-state index contributed by atoms with van der Waals surface area (Å²) in [7, 11) is 3.55. The predicted octanol–water partition coefficient (Wildman–Crippen LogP) is 1.33. The molecule has 0 fully saturated rings. The fraction of sp³-hybridized carbons (Fsp3) is 0.250. The highest BCUT2D eigenvalue weighted by Gasteiger charge is 2.30. The Bertz CT molecular complexity index is 490. The number of para-hydroxylation sites is 1. The zero-order valence-electron chi connectivity index (χ0n) is 10.1. The summed E-state index contributed by atoms with van der Waals surface area (Å²) in [5.74, 6) is -0.192. The number of anilines is 1. The number of carbonyl (C=O) groups excluding carboxylic acids is 1. The molecule has 1 amide bonds. The molecule has 0 saturated carbocycles. The predicted molar refractivity (Wildman–Crippen MR) is 68.2 cm³/mol. The Morgan fingerprint density at radius 3 is 2.47 bits per heavy atom. The Hall–Kier alpha value is -2.17. The third-order valence-electron chi connectivity index (χ3n) is 2.29. The van der Waals surface area contributed by atoms with E-state index in [1.807, 2.05) is 30.3 Å². The number of rotatable bonds is 2. The average Bonchev–Trinajstić information content (AvgIpc) is 2.58. The zero-order chi connectivity index (χ0) is 12.4. The van der Waals surface area contributed by atoms with Crippen LogP contribution in [0.5, 0.6) is 0 Å². The van der Waals surface area contributed by atoms with Crippen molar-refractivity contribution < 1.29 is 4.79 Å². The Morgan fingerprint density at radius 2 is 1.88 bits per heavy atom. The van der Waals surface area contributed by atoms with Crippen LogP contribution in [0.1, 0.15) is 6.92 Å². The summed E-state index contributed by atoms with van der Waals surface area (Å²) >= 11 is 0. The SMILES string of the molecule is CC1=NN(c2ccccc2)C(=O)/C1=N\N(C)C. The maximum absolute atomic E-state index is 12.1. The molecular weight excluding hydrogens is 216 g/mol. The van der Waals surface area contributed by atoms with Crippen LogP contribution in [0.3, 0.4) is 0 Å². The summed E-state index contributed by atoms with van der Waals surface area (Å²) in [5.41, 5.74) is 1.77. The summed E-state index contributed by atoms with van der Waals surface area (Å²) < 4.78 is 0. The smallest absolute Gasteiger partial charge is 0.301 e. The van der Waals surface area contributed by atoms with Gasteiger partial charge < -0.3 is 5.01 Å². The number of benzene rings is 1. The van der Waals surface area contributed by atoms with E-state index >= 15 is 0 Å². The molecule has 1 aliphatic heterocycles. The summed E-state index contributed by atoms with van der Waals surface area (Å²) in [6.45, 7) is 1.78. The lowest BCUT2D eigenvalue weighted by Crippen LogP contribution is -2.28. The lowest BCUT2D eigenvalue weighted by atomic mass is 10.2. The molecule has 5 heteroatoms. The van der Waals surface area contributed by atoms with Gasteiger partial charge in [-0.15, -0.1) is 0 Å². The molecule has 1 heterocycles. The van der Waals surface area contributed by atoms with E-state index in [0.717, 1.165) is 5.69 Å². The Morgan fingerprint density at radius 1 is 1.24 bits per heavy atom. The monoisotopic (exact) mass is 230 g/mol. The molecule has 1 aromatic rings. The number of hydrazone groups is 2. The summed E-state index contributed by atoms with van der Waals surface area (Å²) in [5, 5.41) is 11.3. The molecule has 17 heavy (non-hydrogen) atoms. The second-order valence-corrected chi connectivity index (χ2v) is 3.93. The van der Waals surface area contributed by atoms with E-state index in [9.17, 15) is 4.79 Å². The van der Waals surface area contributed by atoms with E-state index in [1.54, 1.807) is 26.0 Å². The molecular formula is C12H14N4O. The quantitative estimate of drug-likeness (QED) is 0.719. The summed E-state index contributed by atoms with van der Waals surface area (Å²) in [6, 6.07) is 9.32. The van der Waals surface area contributed by atoms with Crippen molar-refractivity contribution in [2.24, 2.45) is 10.2 Å². The van der Waals surface area contributed by atoms with Crippen molar-refractivity contribution in [3.63, 3.8) is 0 Å². The van der Waals surface area contributed by atoms with Crippen LogP contribution < -0.4 is 5.01 Å². The fourth-order valence-corrected chi connectivity index (χ4v) is 1.56. The molecule has 0 bridgehead atoms. The van der Waals surface area contributed by atoms with Crippen LogP contribution in [0.15, 0.2) is 40.5 Å². The molecule has 0 radical (unpaired) electrons. The van der Waals surface area contributed by atoms with E-state index in [4.69, 9.17) is 0 Å². The Kier molecular flexibility index (Phi) is 2.91. The van der Waals surface area contributed by atoms with Gasteiger partial charge in [0.15, 0.2) is 5.71 Å². The van der Waals surface area contributed by atoms with Gasteiger partial charge in [0.1, 0.15) is 0 Å². The third kappa shape index (κ3) is 2.18. The molecule has 1 aliphatic rings. The molecule has 0 N–H and O–H groups in total. The fourth-order valence-electron chi connectivity index (χ4n) is 1.56. The maximum atomic E-state index is 12.1. The average molecular weight is 230 g/mol. The first-order valence-electron chi connectivity index (χ1n) is 5.30. The molecule has 2 rings (SSSR count). The van der Waals surface area contributed by atoms with Crippen LogP contribution in [0.4, 0.5) is 5.69 Å². The molecule has 0 aromatic heterocycles. The molecule has 0 aliphatic carbocycles. The van der Waals surface area contributed by atoms with Crippen molar-refractivity contribution in [1.82, 2.24) is 5.01 Å². The van der Waals surface area contributed by atoms with Gasteiger partial charge in [0.05, 0.1) is 11.4 Å². The van der Waals surface area contributed by atoms with Gasteiger partial charge in [0.25, 0.3) is 0 Å². The highest BCUT2D eigenvalue weighted by molar-refractivity contribution is 6.71. The highest BCUT2D eigenvalue weighted by Crippen LogP contribution is 2.18. The topological polar surface area (TPSA) is 48.3 Å². The van der Waals surface area contributed by atoms with Crippen LogP contribution >= 0.6 is 0 Å². The van der Waals surface area contributed by atoms with Gasteiger partial charge >= 0.3 is 5.91 Å². The minimum atomic E-state index is -0.192. The Labute approximate surface area is 100 Å². The van der Waals surface area contributed by atoms with Gasteiger partial charge in [-0.05, 0) is 19.1 Å². The van der Waals surface area contributed by atoms with Crippen LogP contribution in [0.25, 0.3) is 0 Å². The largest absolute Gasteiger partial charge is 0.302 e. The first-order chi connectivity index (χ1) is 8.09. The van der Waals surface area contributed by atoms with E-state index in [-0.39, 0.29) is 5.91 Å². The van der Waals surface area contributed by atoms with Gasteiger partial charge in [0.2, 0.25) is 0 Å². The summed E-state index contributed by atoms with van der Waals surface area (Å²) in [6.07, 6.45) is 0. The minimum absolute atomic E-state index is 0.192. The van der Waals surface area contributed by atoms with Crippen molar-refractivity contribution in [3.8, 4) is 0 Å². The van der Waals surface area contributed by atoms with Crippen molar-refractivity contribution in [1.29, 1.82) is 0 Å². The van der Waals surface area contributed by atoms with E-state index in [1.165, 1.54) is 5.01 Å². The van der Waals surface area contributed by atoms with E-state index in [0.29, 0.717) is 11.4 Å². The zero-order valence-corrected chi connectivity index (χ0v) is 10.1. The molecule has 1 aromatic carbocycles. The molecule has 88 valence electrons. The van der Waals surface area contributed by atoms with Crippen LogP contribution in [0.2, 0.25) is 0 Å². The van der Waals surface area contributed by atoms with Crippen LogP contribution in [-0.4, -0.2) is 36.4 Å². The van der Waals surface area contributed by atoms with Crippen molar-refractivity contribution in [2.45, 2.75) is 6.92 Å². The van der Waals surface area contributed by atoms with Gasteiger partial charge in [-0.2, -0.15) is 15.2 Å². The number of nitrogens with zero attached hydrogens (tertiary/aromatic N) is 4. The second-order valence-electron chi connectivity index (χ2n) is 3.93. The van der Waals surface area contributed by atoms with Crippen molar-refractivity contribution >= 4 is 23.0 Å². The molecule has 0 spiro atoms. The lowest BCUT2D eigenvalue weighted by molar-refractivity contribution is -0.112. The van der Waals surface area contributed by atoms with Gasteiger partial charge in [-0.3, -0.25) is 4.79 Å². The van der Waals surface area contributed by atoms with Crippen LogP contribution in [0, 0.1) is 0 Å².